The van der Waals surface area contributed by atoms with Gasteiger partial charge in [-0.25, -0.2) is 4.79 Å². The summed E-state index contributed by atoms with van der Waals surface area (Å²) in [7, 11) is 1.56. The van der Waals surface area contributed by atoms with Crippen LogP contribution in [0.4, 0.5) is 0 Å². The maximum atomic E-state index is 11.9. The van der Waals surface area contributed by atoms with E-state index in [2.05, 4.69) is 6.07 Å². The highest BCUT2D eigenvalue weighted by Gasteiger charge is 2.08. The molecule has 0 bridgehead atoms. The quantitative estimate of drug-likeness (QED) is 0.458. The van der Waals surface area contributed by atoms with E-state index >= 15 is 0 Å². The van der Waals surface area contributed by atoms with Gasteiger partial charge in [-0.2, -0.15) is 5.26 Å². The minimum atomic E-state index is -0.430. The van der Waals surface area contributed by atoms with Gasteiger partial charge in [-0.1, -0.05) is 24.3 Å². The average molecular weight is 383 g/mol. The number of ether oxygens (including phenoxy) is 2. The maximum absolute atomic E-state index is 11.9. The van der Waals surface area contributed by atoms with E-state index in [4.69, 9.17) is 19.2 Å². The van der Waals surface area contributed by atoms with Crippen LogP contribution in [0.25, 0.3) is 22.1 Å². The molecule has 1 aromatic heterocycles. The standard InChI is InChI=1S/C24H17NO4/c1-27-21-10-11-22-19(12-24(26)29-23(22)13-21)15-28-20-8-6-18(7-9-20)17-4-2-16(14-25)3-5-17/h2-13H,15H2,1H3. The van der Waals surface area contributed by atoms with E-state index in [0.717, 1.165) is 22.1 Å². The van der Waals surface area contributed by atoms with Crippen LogP contribution in [0.5, 0.6) is 11.5 Å². The van der Waals surface area contributed by atoms with Crippen LogP contribution in [0.1, 0.15) is 11.1 Å². The van der Waals surface area contributed by atoms with Gasteiger partial charge >= 0.3 is 5.63 Å². The minimum Gasteiger partial charge on any atom is -0.497 e. The third-order valence-electron chi connectivity index (χ3n) is 4.63. The molecule has 4 aromatic rings. The normalized spacial score (nSPS) is 10.5. The number of benzene rings is 3. The van der Waals surface area contributed by atoms with Crippen LogP contribution in [0.2, 0.25) is 0 Å². The summed E-state index contributed by atoms with van der Waals surface area (Å²) >= 11 is 0. The third kappa shape index (κ3) is 3.97. The molecule has 0 saturated heterocycles. The van der Waals surface area contributed by atoms with Gasteiger partial charge in [0.15, 0.2) is 0 Å². The molecule has 1 heterocycles. The highest BCUT2D eigenvalue weighted by molar-refractivity contribution is 5.81. The van der Waals surface area contributed by atoms with Crippen LogP contribution < -0.4 is 15.1 Å². The largest absolute Gasteiger partial charge is 0.497 e. The van der Waals surface area contributed by atoms with Gasteiger partial charge in [0.05, 0.1) is 18.7 Å². The first kappa shape index (κ1) is 18.3. The molecule has 0 saturated carbocycles. The number of methoxy groups -OCH3 is 1. The van der Waals surface area contributed by atoms with E-state index in [1.807, 2.05) is 48.5 Å². The summed E-state index contributed by atoms with van der Waals surface area (Å²) in [6, 6.07) is 24.0. The third-order valence-corrected chi connectivity index (χ3v) is 4.63. The summed E-state index contributed by atoms with van der Waals surface area (Å²) in [5.41, 5.74) is 3.46. The summed E-state index contributed by atoms with van der Waals surface area (Å²) in [5, 5.41) is 9.70. The van der Waals surface area contributed by atoms with Gasteiger partial charge in [0, 0.05) is 23.1 Å². The summed E-state index contributed by atoms with van der Waals surface area (Å²) in [5.74, 6) is 1.31. The first-order valence-corrected chi connectivity index (χ1v) is 9.00. The summed E-state index contributed by atoms with van der Waals surface area (Å²) in [6.07, 6.45) is 0. The van der Waals surface area contributed by atoms with Crippen molar-refractivity contribution >= 4 is 11.0 Å². The fourth-order valence-electron chi connectivity index (χ4n) is 3.10. The second-order valence-corrected chi connectivity index (χ2v) is 6.45. The molecule has 0 aliphatic carbocycles. The first-order valence-electron chi connectivity index (χ1n) is 9.00. The molecule has 3 aromatic carbocycles. The summed E-state index contributed by atoms with van der Waals surface area (Å²) < 4.78 is 16.3. The second kappa shape index (κ2) is 7.91. The molecule has 142 valence electrons. The molecule has 5 nitrogen and oxygen atoms in total. The van der Waals surface area contributed by atoms with Crippen molar-refractivity contribution in [3.8, 4) is 28.7 Å². The topological polar surface area (TPSA) is 72.5 Å². The molecule has 0 aliphatic heterocycles. The molecule has 0 unspecified atom stereocenters. The Morgan fingerprint density at radius 2 is 1.55 bits per heavy atom. The number of nitrogens with zero attached hydrogens (tertiary/aromatic N) is 1. The molecule has 0 amide bonds. The predicted octanol–water partition coefficient (Wildman–Crippen LogP) is 4.92. The first-order chi connectivity index (χ1) is 14.2. The number of rotatable bonds is 5. The van der Waals surface area contributed by atoms with E-state index in [1.165, 1.54) is 6.07 Å². The molecule has 0 atom stereocenters. The Morgan fingerprint density at radius 1 is 0.897 bits per heavy atom. The van der Waals surface area contributed by atoms with Crippen molar-refractivity contribution in [3.05, 3.63) is 94.3 Å². The maximum Gasteiger partial charge on any atom is 0.336 e. The van der Waals surface area contributed by atoms with E-state index in [0.29, 0.717) is 22.6 Å². The lowest BCUT2D eigenvalue weighted by Crippen LogP contribution is -2.04. The minimum absolute atomic E-state index is 0.241. The molecular weight excluding hydrogens is 366 g/mol. The van der Waals surface area contributed by atoms with Crippen LogP contribution in [-0.4, -0.2) is 7.11 Å². The lowest BCUT2D eigenvalue weighted by atomic mass is 10.0. The summed E-state index contributed by atoms with van der Waals surface area (Å²) in [4.78, 5) is 11.9. The fourth-order valence-corrected chi connectivity index (χ4v) is 3.10. The molecule has 0 radical (unpaired) electrons. The Hall–Kier alpha value is -4.04. The predicted molar refractivity (Wildman–Crippen MR) is 110 cm³/mol. The zero-order chi connectivity index (χ0) is 20.2. The van der Waals surface area contributed by atoms with Gasteiger partial charge in [0.25, 0.3) is 0 Å². The van der Waals surface area contributed by atoms with Crippen molar-refractivity contribution in [2.24, 2.45) is 0 Å². The zero-order valence-corrected chi connectivity index (χ0v) is 15.7. The average Bonchev–Trinajstić information content (AvgIpc) is 2.77. The van der Waals surface area contributed by atoms with E-state index < -0.39 is 5.63 Å². The van der Waals surface area contributed by atoms with Gasteiger partial charge in [-0.3, -0.25) is 0 Å². The van der Waals surface area contributed by atoms with Crippen LogP contribution in [0, 0.1) is 11.3 Å². The van der Waals surface area contributed by atoms with Crippen LogP contribution in [0.3, 0.4) is 0 Å². The lowest BCUT2D eigenvalue weighted by molar-refractivity contribution is 0.306. The Kier molecular flexibility index (Phi) is 5.00. The summed E-state index contributed by atoms with van der Waals surface area (Å²) in [6.45, 7) is 0.241. The van der Waals surface area contributed by atoms with E-state index in [9.17, 15) is 4.79 Å². The molecule has 0 aliphatic rings. The zero-order valence-electron chi connectivity index (χ0n) is 15.7. The molecule has 4 rings (SSSR count). The molecule has 0 fully saturated rings. The van der Waals surface area contributed by atoms with Gasteiger partial charge in [0.2, 0.25) is 0 Å². The Labute approximate surface area is 167 Å². The molecule has 0 spiro atoms. The molecule has 5 heteroatoms. The van der Waals surface area contributed by atoms with Crippen molar-refractivity contribution in [2.45, 2.75) is 6.61 Å². The Balaban J connectivity index is 1.53. The monoisotopic (exact) mass is 383 g/mol. The van der Waals surface area contributed by atoms with Crippen molar-refractivity contribution in [1.29, 1.82) is 5.26 Å². The van der Waals surface area contributed by atoms with Gasteiger partial charge < -0.3 is 13.9 Å². The fraction of sp³-hybridized carbons (Fsp3) is 0.0833. The van der Waals surface area contributed by atoms with E-state index in [1.54, 1.807) is 25.3 Å². The number of hydrogen-bond acceptors (Lipinski definition) is 5. The Bertz CT molecular complexity index is 1250. The van der Waals surface area contributed by atoms with Gasteiger partial charge in [0.1, 0.15) is 23.7 Å². The highest BCUT2D eigenvalue weighted by atomic mass is 16.5. The van der Waals surface area contributed by atoms with Gasteiger partial charge in [-0.05, 0) is 47.5 Å². The molecular formula is C24H17NO4. The second-order valence-electron chi connectivity index (χ2n) is 6.45. The van der Waals surface area contributed by atoms with Crippen LogP contribution in [-0.2, 0) is 6.61 Å². The molecule has 0 N–H and O–H groups in total. The van der Waals surface area contributed by atoms with Crippen LogP contribution in [0.15, 0.2) is 82.0 Å². The highest BCUT2D eigenvalue weighted by Crippen LogP contribution is 2.25. The van der Waals surface area contributed by atoms with Crippen molar-refractivity contribution in [1.82, 2.24) is 0 Å². The van der Waals surface area contributed by atoms with E-state index in [-0.39, 0.29) is 6.61 Å². The number of hydrogen-bond donors (Lipinski definition) is 0. The van der Waals surface area contributed by atoms with Crippen molar-refractivity contribution in [3.63, 3.8) is 0 Å². The van der Waals surface area contributed by atoms with Crippen molar-refractivity contribution in [2.75, 3.05) is 7.11 Å². The molecule has 29 heavy (non-hydrogen) atoms. The SMILES string of the molecule is COc1ccc2c(COc3ccc(-c4ccc(C#N)cc4)cc3)cc(=O)oc2c1. The van der Waals surface area contributed by atoms with Crippen molar-refractivity contribution < 1.29 is 13.9 Å². The van der Waals surface area contributed by atoms with Gasteiger partial charge in [-0.15, -0.1) is 0 Å². The number of nitriles is 1. The number of fused-ring (bicyclic) bond motifs is 1. The smallest absolute Gasteiger partial charge is 0.336 e. The lowest BCUT2D eigenvalue weighted by Gasteiger charge is -2.10. The van der Waals surface area contributed by atoms with Crippen LogP contribution >= 0.6 is 0 Å². The Morgan fingerprint density at radius 3 is 2.21 bits per heavy atom.